The van der Waals surface area contributed by atoms with Gasteiger partial charge in [-0.25, -0.2) is 9.59 Å². The van der Waals surface area contributed by atoms with Gasteiger partial charge >= 0.3 is 12.1 Å². The number of nitrogens with zero attached hydrogens (tertiary/aromatic N) is 2. The number of benzene rings is 1. The molecule has 0 saturated carbocycles. The third kappa shape index (κ3) is 6.06. The van der Waals surface area contributed by atoms with E-state index in [0.29, 0.717) is 17.0 Å². The Morgan fingerprint density at radius 3 is 2.51 bits per heavy atom. The average molecular weight is 475 g/mol. The van der Waals surface area contributed by atoms with Crippen LogP contribution in [0.1, 0.15) is 37.6 Å². The molecule has 182 valence electrons. The summed E-state index contributed by atoms with van der Waals surface area (Å²) >= 11 is 0. The van der Waals surface area contributed by atoms with Crippen molar-refractivity contribution >= 4 is 18.0 Å². The second kappa shape index (κ2) is 11.3. The maximum atomic E-state index is 13.0. The van der Waals surface area contributed by atoms with Crippen LogP contribution >= 0.6 is 0 Å². The van der Waals surface area contributed by atoms with E-state index >= 15 is 0 Å². The van der Waals surface area contributed by atoms with Crippen LogP contribution in [-0.2, 0) is 9.53 Å². The van der Waals surface area contributed by atoms with Crippen LogP contribution in [0.4, 0.5) is 4.79 Å². The van der Waals surface area contributed by atoms with E-state index in [1.54, 1.807) is 11.0 Å². The topological polar surface area (TPSA) is 76.2 Å². The third-order valence-electron chi connectivity index (χ3n) is 5.78. The van der Waals surface area contributed by atoms with Crippen LogP contribution in [0.3, 0.4) is 0 Å². The summed E-state index contributed by atoms with van der Waals surface area (Å²) in [6.07, 6.45) is 14.0. The van der Waals surface area contributed by atoms with E-state index in [1.165, 1.54) is 48.8 Å². The molecule has 0 aromatic heterocycles. The number of methoxy groups -OCH3 is 1. The molecule has 3 rings (SSSR count). The molecule has 35 heavy (non-hydrogen) atoms. The molecular formula is C28H30N2O5. The summed E-state index contributed by atoms with van der Waals surface area (Å²) in [6.45, 7) is 9.75. The number of rotatable bonds is 4. The Morgan fingerprint density at radius 1 is 1.14 bits per heavy atom. The van der Waals surface area contributed by atoms with Crippen LogP contribution in [0, 0.1) is 0 Å². The smallest absolute Gasteiger partial charge is 0.419 e. The predicted octanol–water partition coefficient (Wildman–Crippen LogP) is 5.31. The summed E-state index contributed by atoms with van der Waals surface area (Å²) in [7, 11) is 1.30. The lowest BCUT2D eigenvalue weighted by molar-refractivity contribution is -0.129. The predicted molar refractivity (Wildman–Crippen MR) is 134 cm³/mol. The van der Waals surface area contributed by atoms with Gasteiger partial charge in [0.05, 0.1) is 30.1 Å². The van der Waals surface area contributed by atoms with Gasteiger partial charge in [-0.05, 0) is 56.2 Å². The Balaban J connectivity index is 1.82. The molecule has 1 atom stereocenters. The van der Waals surface area contributed by atoms with E-state index in [-0.39, 0.29) is 24.2 Å². The van der Waals surface area contributed by atoms with Gasteiger partial charge in [-0.15, -0.1) is 0 Å². The Bertz CT molecular complexity index is 1170. The van der Waals surface area contributed by atoms with E-state index in [2.05, 4.69) is 24.3 Å². The van der Waals surface area contributed by atoms with E-state index in [0.717, 1.165) is 12.0 Å². The molecule has 0 radical (unpaired) electrons. The quantitative estimate of drug-likeness (QED) is 0.553. The zero-order valence-corrected chi connectivity index (χ0v) is 20.5. The highest BCUT2D eigenvalue weighted by molar-refractivity contribution is 5.89. The number of amides is 2. The molecule has 2 amide bonds. The second-order valence-corrected chi connectivity index (χ2v) is 8.32. The van der Waals surface area contributed by atoms with Crippen LogP contribution < -0.4 is 4.74 Å². The van der Waals surface area contributed by atoms with Crippen molar-refractivity contribution in [2.45, 2.75) is 33.2 Å². The van der Waals surface area contributed by atoms with Gasteiger partial charge in [0.15, 0.2) is 0 Å². The van der Waals surface area contributed by atoms with Crippen LogP contribution in [0.5, 0.6) is 5.75 Å². The molecule has 1 aromatic carbocycles. The summed E-state index contributed by atoms with van der Waals surface area (Å²) in [6, 6.07) is 5.79. The van der Waals surface area contributed by atoms with Crippen molar-refractivity contribution in [1.29, 1.82) is 0 Å². The van der Waals surface area contributed by atoms with Gasteiger partial charge in [0.1, 0.15) is 5.75 Å². The molecule has 1 saturated heterocycles. The fraction of sp³-hybridized carbons (Fsp3) is 0.250. The SMILES string of the molecule is C=C1/C(=C\C=C\C2=C(C)CC=CC=C2)N(C(C)=O)[C@@H](C)CN1C(=O)Oc1ccc(C(=O)OC)cc1. The molecule has 1 fully saturated rings. The molecule has 0 N–H and O–H groups in total. The molecule has 7 nitrogen and oxygen atoms in total. The molecule has 1 aliphatic carbocycles. The van der Waals surface area contributed by atoms with Crippen molar-refractivity contribution < 1.29 is 23.9 Å². The minimum atomic E-state index is -0.623. The van der Waals surface area contributed by atoms with Gasteiger partial charge in [-0.1, -0.05) is 48.6 Å². The second-order valence-electron chi connectivity index (χ2n) is 8.32. The monoisotopic (exact) mass is 474 g/mol. The maximum absolute atomic E-state index is 13.0. The largest absolute Gasteiger partial charge is 0.465 e. The maximum Gasteiger partial charge on any atom is 0.419 e. The van der Waals surface area contributed by atoms with Crippen molar-refractivity contribution in [3.05, 3.63) is 101 Å². The van der Waals surface area contributed by atoms with Gasteiger partial charge < -0.3 is 14.4 Å². The lowest BCUT2D eigenvalue weighted by Crippen LogP contribution is -2.52. The highest BCUT2D eigenvalue weighted by atomic mass is 16.6. The highest BCUT2D eigenvalue weighted by Crippen LogP contribution is 2.29. The zero-order valence-electron chi connectivity index (χ0n) is 20.5. The van der Waals surface area contributed by atoms with E-state index in [9.17, 15) is 14.4 Å². The number of piperazine rings is 1. The first-order valence-electron chi connectivity index (χ1n) is 11.3. The van der Waals surface area contributed by atoms with Crippen LogP contribution in [-0.4, -0.2) is 47.5 Å². The van der Waals surface area contributed by atoms with Gasteiger partial charge in [0.25, 0.3) is 0 Å². The lowest BCUT2D eigenvalue weighted by atomic mass is 10.1. The summed E-state index contributed by atoms with van der Waals surface area (Å²) in [5, 5.41) is 0. The summed E-state index contributed by atoms with van der Waals surface area (Å²) < 4.78 is 10.2. The Labute approximate surface area is 206 Å². The summed E-state index contributed by atoms with van der Waals surface area (Å²) in [4.78, 5) is 40.1. The van der Waals surface area contributed by atoms with Crippen molar-refractivity contribution in [3.8, 4) is 5.75 Å². The van der Waals surface area contributed by atoms with Gasteiger partial charge in [0, 0.05) is 13.5 Å². The van der Waals surface area contributed by atoms with Crippen LogP contribution in [0.15, 0.2) is 95.9 Å². The number of ether oxygens (including phenoxy) is 2. The van der Waals surface area contributed by atoms with Gasteiger partial charge in [-0.2, -0.15) is 0 Å². The number of carbonyl (C=O) groups excluding carboxylic acids is 3. The fourth-order valence-corrected chi connectivity index (χ4v) is 3.93. The van der Waals surface area contributed by atoms with Gasteiger partial charge in [0.2, 0.25) is 5.91 Å². The van der Waals surface area contributed by atoms with E-state index in [1.807, 2.05) is 37.3 Å². The van der Waals surface area contributed by atoms with Crippen molar-refractivity contribution in [2.24, 2.45) is 0 Å². The molecule has 1 heterocycles. The third-order valence-corrected chi connectivity index (χ3v) is 5.78. The zero-order chi connectivity index (χ0) is 25.5. The minimum Gasteiger partial charge on any atom is -0.465 e. The van der Waals surface area contributed by atoms with Crippen molar-refractivity contribution in [3.63, 3.8) is 0 Å². The first-order chi connectivity index (χ1) is 16.7. The summed E-state index contributed by atoms with van der Waals surface area (Å²) in [5.74, 6) is -0.341. The number of esters is 1. The lowest BCUT2D eigenvalue weighted by Gasteiger charge is -2.41. The first kappa shape index (κ1) is 25.5. The number of carbonyl (C=O) groups is 3. The van der Waals surface area contributed by atoms with E-state index in [4.69, 9.17) is 4.74 Å². The minimum absolute atomic E-state index is 0.140. The standard InChI is InChI=1S/C28H30N2O5/c1-19-10-7-6-8-11-23(19)12-9-13-26-21(3)29(18-20(2)30(26)22(4)31)28(33)35-25-16-14-24(15-17-25)27(32)34-5/h6-9,11-17,20H,3,10,18H2,1-2,4-5H3/b12-9+,26-13+/t20-/m0/s1. The van der Waals surface area contributed by atoms with Crippen molar-refractivity contribution in [1.82, 2.24) is 9.80 Å². The number of allylic oxidation sites excluding steroid dienone is 9. The molecule has 0 bridgehead atoms. The normalized spacial score (nSPS) is 19.4. The number of hydrogen-bond donors (Lipinski definition) is 0. The Hall–Kier alpha value is -4.13. The average Bonchev–Trinajstić information content (AvgIpc) is 3.04. The number of hydrogen-bond acceptors (Lipinski definition) is 5. The highest BCUT2D eigenvalue weighted by Gasteiger charge is 2.35. The molecular weight excluding hydrogens is 444 g/mol. The Morgan fingerprint density at radius 2 is 1.86 bits per heavy atom. The van der Waals surface area contributed by atoms with Gasteiger partial charge in [-0.3, -0.25) is 9.69 Å². The van der Waals surface area contributed by atoms with Crippen molar-refractivity contribution in [2.75, 3.05) is 13.7 Å². The first-order valence-corrected chi connectivity index (χ1v) is 11.3. The molecule has 2 aliphatic rings. The van der Waals surface area contributed by atoms with Crippen LogP contribution in [0.2, 0.25) is 0 Å². The molecule has 1 aliphatic heterocycles. The summed E-state index contributed by atoms with van der Waals surface area (Å²) in [5.41, 5.74) is 3.55. The molecule has 0 unspecified atom stereocenters. The fourth-order valence-electron chi connectivity index (χ4n) is 3.93. The molecule has 0 spiro atoms. The van der Waals surface area contributed by atoms with Crippen LogP contribution in [0.25, 0.3) is 0 Å². The molecule has 7 heteroatoms. The van der Waals surface area contributed by atoms with E-state index < -0.39 is 12.1 Å². The molecule has 1 aromatic rings. The Kier molecular flexibility index (Phi) is 8.25.